The maximum Gasteiger partial charge on any atom is 0.0663 e. The number of hydrogen-bond donors (Lipinski definition) is 1. The number of hydrogen-bond acceptors (Lipinski definition) is 4. The van der Waals surface area contributed by atoms with Crippen LogP contribution >= 0.6 is 11.6 Å². The van der Waals surface area contributed by atoms with E-state index in [0.717, 1.165) is 35.9 Å². The van der Waals surface area contributed by atoms with Crippen LogP contribution in [0.3, 0.4) is 0 Å². The minimum absolute atomic E-state index is 0.254. The summed E-state index contributed by atoms with van der Waals surface area (Å²) in [5, 5.41) is 4.15. The van der Waals surface area contributed by atoms with Crippen LogP contribution in [0, 0.1) is 0 Å². The van der Waals surface area contributed by atoms with Crippen molar-refractivity contribution < 1.29 is 9.47 Å². The minimum Gasteiger partial charge on any atom is -0.383 e. The Morgan fingerprint density at radius 2 is 2.05 bits per heavy atom. The molecule has 0 aromatic heterocycles. The highest BCUT2D eigenvalue weighted by molar-refractivity contribution is 6.31. The summed E-state index contributed by atoms with van der Waals surface area (Å²) in [4.78, 5) is 2.30. The van der Waals surface area contributed by atoms with E-state index in [2.05, 4.69) is 30.1 Å². The molecule has 0 heterocycles. The van der Waals surface area contributed by atoms with Gasteiger partial charge in [-0.25, -0.2) is 0 Å². The molecule has 0 aliphatic rings. The molecule has 0 fully saturated rings. The molecule has 1 rings (SSSR count). The van der Waals surface area contributed by atoms with E-state index in [-0.39, 0.29) is 6.04 Å². The van der Waals surface area contributed by atoms with Crippen LogP contribution in [-0.2, 0) is 16.0 Å². The summed E-state index contributed by atoms with van der Waals surface area (Å²) in [7, 11) is 3.44. The summed E-state index contributed by atoms with van der Waals surface area (Å²) >= 11 is 6.40. The maximum atomic E-state index is 6.40. The van der Waals surface area contributed by atoms with Crippen LogP contribution in [-0.4, -0.2) is 46.6 Å². The Hall–Kier alpha value is -0.810. The van der Waals surface area contributed by atoms with Gasteiger partial charge in [0.15, 0.2) is 0 Å². The van der Waals surface area contributed by atoms with Crippen molar-refractivity contribution in [1.29, 1.82) is 0 Å². The zero-order valence-corrected chi connectivity index (χ0v) is 14.2. The topological polar surface area (TPSA) is 33.7 Å². The van der Waals surface area contributed by atoms with Gasteiger partial charge in [-0.05, 0) is 25.6 Å². The molecule has 0 saturated carbocycles. The second-order valence-corrected chi connectivity index (χ2v) is 5.42. The lowest BCUT2D eigenvalue weighted by atomic mass is 10.1. The van der Waals surface area contributed by atoms with Crippen molar-refractivity contribution >= 4 is 17.3 Å². The van der Waals surface area contributed by atoms with Crippen molar-refractivity contribution in [2.45, 2.75) is 26.4 Å². The first-order valence-corrected chi connectivity index (χ1v) is 7.76. The van der Waals surface area contributed by atoms with E-state index in [9.17, 15) is 0 Å². The van der Waals surface area contributed by atoms with Gasteiger partial charge in [0.2, 0.25) is 0 Å². The first-order valence-electron chi connectivity index (χ1n) is 7.38. The molecule has 4 nitrogen and oxygen atoms in total. The quantitative estimate of drug-likeness (QED) is 0.720. The van der Waals surface area contributed by atoms with Crippen LogP contribution < -0.4 is 10.2 Å². The Morgan fingerprint density at radius 3 is 2.67 bits per heavy atom. The summed E-state index contributed by atoms with van der Waals surface area (Å²) in [6, 6.07) is 6.30. The molecule has 120 valence electrons. The van der Waals surface area contributed by atoms with E-state index in [1.165, 1.54) is 0 Å². The van der Waals surface area contributed by atoms with Crippen LogP contribution in [0.5, 0.6) is 0 Å². The van der Waals surface area contributed by atoms with Gasteiger partial charge in [0.25, 0.3) is 0 Å². The van der Waals surface area contributed by atoms with E-state index in [1.54, 1.807) is 14.2 Å². The number of anilines is 1. The molecule has 1 aromatic rings. The largest absolute Gasteiger partial charge is 0.383 e. The predicted molar refractivity (Wildman–Crippen MR) is 89.4 cm³/mol. The Morgan fingerprint density at radius 1 is 1.29 bits per heavy atom. The molecule has 5 heteroatoms. The molecule has 21 heavy (non-hydrogen) atoms. The molecule has 0 spiro atoms. The molecule has 0 radical (unpaired) electrons. The lowest BCUT2D eigenvalue weighted by Gasteiger charge is -2.33. The standard InChI is InChI=1S/C16H27ClN2O2/c1-5-18-11-14-15(17)7-6-8-16(14)19(9-10-20-3)13(2)12-21-4/h6-8,13,18H,5,9-12H2,1-4H3. The molecule has 0 aliphatic carbocycles. The van der Waals surface area contributed by atoms with Crippen LogP contribution in [0.15, 0.2) is 18.2 Å². The van der Waals surface area contributed by atoms with E-state index in [4.69, 9.17) is 21.1 Å². The number of methoxy groups -OCH3 is 2. The van der Waals surface area contributed by atoms with Gasteiger partial charge in [-0.3, -0.25) is 0 Å². The predicted octanol–water partition coefficient (Wildman–Crippen LogP) is 2.94. The molecule has 0 amide bonds. The Labute approximate surface area is 133 Å². The average molecular weight is 315 g/mol. The van der Waals surface area contributed by atoms with Crippen LogP contribution in [0.4, 0.5) is 5.69 Å². The summed E-state index contributed by atoms with van der Waals surface area (Å²) in [5.74, 6) is 0. The average Bonchev–Trinajstić information content (AvgIpc) is 2.47. The highest BCUT2D eigenvalue weighted by Gasteiger charge is 2.18. The highest BCUT2D eigenvalue weighted by Crippen LogP contribution is 2.29. The molecule has 0 saturated heterocycles. The minimum atomic E-state index is 0.254. The molecule has 1 unspecified atom stereocenters. The van der Waals surface area contributed by atoms with Gasteiger partial charge in [0, 0.05) is 49.6 Å². The number of benzene rings is 1. The molecule has 1 aromatic carbocycles. The first-order chi connectivity index (χ1) is 10.2. The smallest absolute Gasteiger partial charge is 0.0663 e. The van der Waals surface area contributed by atoms with E-state index in [0.29, 0.717) is 13.2 Å². The molecule has 0 aliphatic heterocycles. The summed E-state index contributed by atoms with van der Waals surface area (Å²) in [6.07, 6.45) is 0. The van der Waals surface area contributed by atoms with Gasteiger partial charge in [0.05, 0.1) is 13.2 Å². The van der Waals surface area contributed by atoms with Crippen molar-refractivity contribution in [2.24, 2.45) is 0 Å². The molecular weight excluding hydrogens is 288 g/mol. The number of rotatable bonds is 10. The molecule has 0 bridgehead atoms. The summed E-state index contributed by atoms with van der Waals surface area (Å²) < 4.78 is 10.5. The molecular formula is C16H27ClN2O2. The van der Waals surface area contributed by atoms with Crippen molar-refractivity contribution in [3.05, 3.63) is 28.8 Å². The van der Waals surface area contributed by atoms with E-state index >= 15 is 0 Å². The normalized spacial score (nSPS) is 12.4. The fraction of sp³-hybridized carbons (Fsp3) is 0.625. The second-order valence-electron chi connectivity index (χ2n) is 5.01. The zero-order valence-electron chi connectivity index (χ0n) is 13.5. The van der Waals surface area contributed by atoms with E-state index < -0.39 is 0 Å². The van der Waals surface area contributed by atoms with Crippen molar-refractivity contribution in [1.82, 2.24) is 5.32 Å². The van der Waals surface area contributed by atoms with Crippen LogP contribution in [0.1, 0.15) is 19.4 Å². The summed E-state index contributed by atoms with van der Waals surface area (Å²) in [6.45, 7) is 8.05. The van der Waals surface area contributed by atoms with Gasteiger partial charge >= 0.3 is 0 Å². The van der Waals surface area contributed by atoms with Gasteiger partial charge in [-0.2, -0.15) is 0 Å². The fourth-order valence-corrected chi connectivity index (χ4v) is 2.58. The van der Waals surface area contributed by atoms with Gasteiger partial charge < -0.3 is 19.7 Å². The van der Waals surface area contributed by atoms with Crippen LogP contribution in [0.2, 0.25) is 5.02 Å². The fourth-order valence-electron chi connectivity index (χ4n) is 2.34. The van der Waals surface area contributed by atoms with Gasteiger partial charge in [-0.1, -0.05) is 24.6 Å². The highest BCUT2D eigenvalue weighted by atomic mass is 35.5. The zero-order chi connectivity index (χ0) is 15.7. The molecule has 1 N–H and O–H groups in total. The number of halogens is 1. The maximum absolute atomic E-state index is 6.40. The lowest BCUT2D eigenvalue weighted by molar-refractivity contribution is 0.171. The second kappa shape index (κ2) is 10.0. The van der Waals surface area contributed by atoms with Crippen molar-refractivity contribution in [3.8, 4) is 0 Å². The summed E-state index contributed by atoms with van der Waals surface area (Å²) in [5.41, 5.74) is 2.27. The Balaban J connectivity index is 3.06. The molecule has 1 atom stereocenters. The first kappa shape index (κ1) is 18.2. The third kappa shape index (κ3) is 5.47. The van der Waals surface area contributed by atoms with Crippen molar-refractivity contribution in [3.63, 3.8) is 0 Å². The van der Waals surface area contributed by atoms with Crippen LogP contribution in [0.25, 0.3) is 0 Å². The van der Waals surface area contributed by atoms with Gasteiger partial charge in [0.1, 0.15) is 0 Å². The third-order valence-corrected chi connectivity index (χ3v) is 3.79. The number of nitrogens with zero attached hydrogens (tertiary/aromatic N) is 1. The number of nitrogens with one attached hydrogen (secondary N) is 1. The SMILES string of the molecule is CCNCc1c(Cl)cccc1N(CCOC)C(C)COC. The van der Waals surface area contributed by atoms with Crippen molar-refractivity contribution in [2.75, 3.05) is 45.4 Å². The van der Waals surface area contributed by atoms with Gasteiger partial charge in [-0.15, -0.1) is 0 Å². The number of ether oxygens (including phenoxy) is 2. The third-order valence-electron chi connectivity index (χ3n) is 3.43. The Bertz CT molecular complexity index is 415. The Kier molecular flexibility index (Phi) is 8.69. The monoisotopic (exact) mass is 314 g/mol. The lowest BCUT2D eigenvalue weighted by Crippen LogP contribution is -2.39. The van der Waals surface area contributed by atoms with E-state index in [1.807, 2.05) is 12.1 Å².